The van der Waals surface area contributed by atoms with Crippen molar-refractivity contribution in [1.29, 1.82) is 0 Å². The van der Waals surface area contributed by atoms with Gasteiger partial charge in [0.1, 0.15) is 12.7 Å². The van der Waals surface area contributed by atoms with Gasteiger partial charge in [0.25, 0.3) is 0 Å². The van der Waals surface area contributed by atoms with E-state index in [0.29, 0.717) is 17.1 Å². The zero-order valence-electron chi connectivity index (χ0n) is 10.9. The average Bonchev–Trinajstić information content (AvgIpc) is 2.83. The summed E-state index contributed by atoms with van der Waals surface area (Å²) in [7, 11) is -3.46. The van der Waals surface area contributed by atoms with Gasteiger partial charge in [-0.2, -0.15) is 5.10 Å². The molecule has 1 unspecified atom stereocenters. The molecule has 1 aromatic heterocycles. The van der Waals surface area contributed by atoms with Crippen LogP contribution in [-0.2, 0) is 22.3 Å². The SMILES string of the molecule is CC(Cn1cncn1)NS(=O)(=O)Cc1ccccc1Cl. The van der Waals surface area contributed by atoms with Gasteiger partial charge in [0.2, 0.25) is 10.0 Å². The molecule has 0 saturated heterocycles. The number of aromatic nitrogens is 3. The number of hydrogen-bond acceptors (Lipinski definition) is 4. The van der Waals surface area contributed by atoms with E-state index < -0.39 is 10.0 Å². The number of halogens is 1. The molecule has 1 heterocycles. The first-order valence-electron chi connectivity index (χ1n) is 6.02. The lowest BCUT2D eigenvalue weighted by Crippen LogP contribution is -2.36. The summed E-state index contributed by atoms with van der Waals surface area (Å²) in [5, 5.41) is 4.38. The van der Waals surface area contributed by atoms with Crippen molar-refractivity contribution in [2.45, 2.75) is 25.3 Å². The zero-order chi connectivity index (χ0) is 14.6. The molecule has 6 nitrogen and oxygen atoms in total. The second-order valence-electron chi connectivity index (χ2n) is 4.49. The minimum Gasteiger partial charge on any atom is -0.251 e. The number of benzene rings is 1. The molecule has 108 valence electrons. The van der Waals surface area contributed by atoms with Crippen molar-refractivity contribution in [3.63, 3.8) is 0 Å². The van der Waals surface area contributed by atoms with Crippen molar-refractivity contribution < 1.29 is 8.42 Å². The first-order valence-corrected chi connectivity index (χ1v) is 8.05. The maximum absolute atomic E-state index is 12.1. The number of nitrogens with one attached hydrogen (secondary N) is 1. The van der Waals surface area contributed by atoms with Crippen molar-refractivity contribution in [1.82, 2.24) is 19.5 Å². The van der Waals surface area contributed by atoms with Gasteiger partial charge in [0, 0.05) is 11.1 Å². The third-order valence-electron chi connectivity index (χ3n) is 2.61. The monoisotopic (exact) mass is 314 g/mol. The molecule has 0 aliphatic carbocycles. The maximum atomic E-state index is 12.1. The Kier molecular flexibility index (Phi) is 4.74. The summed E-state index contributed by atoms with van der Waals surface area (Å²) < 4.78 is 28.3. The van der Waals surface area contributed by atoms with Gasteiger partial charge >= 0.3 is 0 Å². The minimum absolute atomic E-state index is 0.144. The summed E-state index contributed by atoms with van der Waals surface area (Å²) in [5.74, 6) is -0.144. The molecule has 0 radical (unpaired) electrons. The van der Waals surface area contributed by atoms with Crippen LogP contribution in [0, 0.1) is 0 Å². The van der Waals surface area contributed by atoms with Crippen LogP contribution in [0.25, 0.3) is 0 Å². The second kappa shape index (κ2) is 6.34. The van der Waals surface area contributed by atoms with Crippen molar-refractivity contribution in [2.24, 2.45) is 0 Å². The van der Waals surface area contributed by atoms with Crippen molar-refractivity contribution >= 4 is 21.6 Å². The Morgan fingerprint density at radius 2 is 2.15 bits per heavy atom. The number of rotatable bonds is 6. The normalized spacial score (nSPS) is 13.3. The molecule has 0 aliphatic heterocycles. The molecule has 0 bridgehead atoms. The standard InChI is InChI=1S/C12H15ClN4O2S/c1-10(6-17-9-14-8-15-17)16-20(18,19)7-11-4-2-3-5-12(11)13/h2-5,8-10,16H,6-7H2,1H3. The van der Waals surface area contributed by atoms with Crippen LogP contribution in [0.5, 0.6) is 0 Å². The van der Waals surface area contributed by atoms with Gasteiger partial charge in [-0.15, -0.1) is 0 Å². The van der Waals surface area contributed by atoms with Crippen LogP contribution < -0.4 is 4.72 Å². The summed E-state index contributed by atoms with van der Waals surface area (Å²) in [6.07, 6.45) is 2.95. The highest BCUT2D eigenvalue weighted by Gasteiger charge is 2.17. The quantitative estimate of drug-likeness (QED) is 0.875. The van der Waals surface area contributed by atoms with E-state index >= 15 is 0 Å². The Labute approximate surface area is 122 Å². The predicted octanol–water partition coefficient (Wildman–Crippen LogP) is 1.44. The van der Waals surface area contributed by atoms with E-state index in [9.17, 15) is 8.42 Å². The van der Waals surface area contributed by atoms with Gasteiger partial charge in [-0.25, -0.2) is 18.1 Å². The zero-order valence-corrected chi connectivity index (χ0v) is 12.5. The topological polar surface area (TPSA) is 76.9 Å². The molecule has 0 fully saturated rings. The maximum Gasteiger partial charge on any atom is 0.216 e. The van der Waals surface area contributed by atoms with E-state index in [1.165, 1.54) is 6.33 Å². The number of sulfonamides is 1. The molecule has 2 aromatic rings. The highest BCUT2D eigenvalue weighted by Crippen LogP contribution is 2.17. The summed E-state index contributed by atoms with van der Waals surface area (Å²) >= 11 is 5.97. The number of nitrogens with zero attached hydrogens (tertiary/aromatic N) is 3. The Bertz CT molecular complexity index is 658. The summed E-state index contributed by atoms with van der Waals surface area (Å²) in [5.41, 5.74) is 0.578. The Morgan fingerprint density at radius 1 is 1.40 bits per heavy atom. The van der Waals surface area contributed by atoms with Crippen LogP contribution in [0.2, 0.25) is 5.02 Å². The smallest absolute Gasteiger partial charge is 0.216 e. The van der Waals surface area contributed by atoms with E-state index in [1.807, 2.05) is 0 Å². The molecule has 0 amide bonds. The van der Waals surface area contributed by atoms with Crippen LogP contribution in [0.4, 0.5) is 0 Å². The van der Waals surface area contributed by atoms with Gasteiger partial charge < -0.3 is 0 Å². The molecule has 0 spiro atoms. The summed E-state index contributed by atoms with van der Waals surface area (Å²) in [6.45, 7) is 2.19. The van der Waals surface area contributed by atoms with E-state index in [2.05, 4.69) is 14.8 Å². The average molecular weight is 315 g/mol. The molecule has 0 aliphatic rings. The van der Waals surface area contributed by atoms with Crippen LogP contribution in [-0.4, -0.2) is 29.2 Å². The highest BCUT2D eigenvalue weighted by molar-refractivity contribution is 7.88. The first-order chi connectivity index (χ1) is 9.46. The molecule has 1 N–H and O–H groups in total. The van der Waals surface area contributed by atoms with Crippen LogP contribution >= 0.6 is 11.6 Å². The van der Waals surface area contributed by atoms with Crippen molar-refractivity contribution in [3.8, 4) is 0 Å². The van der Waals surface area contributed by atoms with Gasteiger partial charge in [-0.05, 0) is 18.6 Å². The van der Waals surface area contributed by atoms with Gasteiger partial charge in [0.05, 0.1) is 12.3 Å². The molecule has 8 heteroatoms. The van der Waals surface area contributed by atoms with Crippen LogP contribution in [0.1, 0.15) is 12.5 Å². The Hall–Kier alpha value is -1.44. The fourth-order valence-electron chi connectivity index (χ4n) is 1.81. The van der Waals surface area contributed by atoms with Gasteiger partial charge in [-0.1, -0.05) is 29.8 Å². The summed E-state index contributed by atoms with van der Waals surface area (Å²) in [4.78, 5) is 3.81. The van der Waals surface area contributed by atoms with Crippen LogP contribution in [0.15, 0.2) is 36.9 Å². The van der Waals surface area contributed by atoms with Crippen LogP contribution in [0.3, 0.4) is 0 Å². The fraction of sp³-hybridized carbons (Fsp3) is 0.333. The summed E-state index contributed by atoms with van der Waals surface area (Å²) in [6, 6.07) is 6.60. The van der Waals surface area contributed by atoms with E-state index in [0.717, 1.165) is 0 Å². The Morgan fingerprint density at radius 3 is 2.80 bits per heavy atom. The molecular formula is C12H15ClN4O2S. The second-order valence-corrected chi connectivity index (χ2v) is 6.65. The minimum atomic E-state index is -3.46. The van der Waals surface area contributed by atoms with Crippen molar-refractivity contribution in [2.75, 3.05) is 0 Å². The van der Waals surface area contributed by atoms with Gasteiger partial charge in [0.15, 0.2) is 0 Å². The fourth-order valence-corrected chi connectivity index (χ4v) is 3.53. The lowest BCUT2D eigenvalue weighted by Gasteiger charge is -2.14. The van der Waals surface area contributed by atoms with E-state index in [-0.39, 0.29) is 11.8 Å². The molecule has 1 aromatic carbocycles. The first kappa shape index (κ1) is 15.0. The molecule has 20 heavy (non-hydrogen) atoms. The lowest BCUT2D eigenvalue weighted by atomic mass is 10.2. The number of hydrogen-bond donors (Lipinski definition) is 1. The molecule has 0 saturated carbocycles. The van der Waals surface area contributed by atoms with Crippen molar-refractivity contribution in [3.05, 3.63) is 47.5 Å². The van der Waals surface area contributed by atoms with E-state index in [1.54, 1.807) is 42.2 Å². The molecular weight excluding hydrogens is 300 g/mol. The largest absolute Gasteiger partial charge is 0.251 e. The van der Waals surface area contributed by atoms with E-state index in [4.69, 9.17) is 11.6 Å². The third kappa shape index (κ3) is 4.29. The predicted molar refractivity (Wildman–Crippen MR) is 76.7 cm³/mol. The third-order valence-corrected chi connectivity index (χ3v) is 4.43. The van der Waals surface area contributed by atoms with Gasteiger partial charge in [-0.3, -0.25) is 4.68 Å². The molecule has 1 atom stereocenters. The Balaban J connectivity index is 1.99. The lowest BCUT2D eigenvalue weighted by molar-refractivity contribution is 0.493. The highest BCUT2D eigenvalue weighted by atomic mass is 35.5. The molecule has 2 rings (SSSR count).